The van der Waals surface area contributed by atoms with Crippen LogP contribution in [0.1, 0.15) is 17.5 Å². The number of hydrogen-bond donors (Lipinski definition) is 2. The van der Waals surface area contributed by atoms with Gasteiger partial charge < -0.3 is 20.4 Å². The summed E-state index contributed by atoms with van der Waals surface area (Å²) in [6.45, 7) is 3.32. The molecule has 0 amide bonds. The van der Waals surface area contributed by atoms with Crippen LogP contribution in [0, 0.1) is 6.92 Å². The quantitative estimate of drug-likeness (QED) is 0.358. The van der Waals surface area contributed by atoms with Crippen LogP contribution in [0.25, 0.3) is 0 Å². The molecule has 3 N–H and O–H groups in total. The van der Waals surface area contributed by atoms with Gasteiger partial charge in [0.15, 0.2) is 5.84 Å². The number of benzene rings is 1. The fraction of sp³-hybridized carbons (Fsp3) is 0.417. The van der Waals surface area contributed by atoms with Gasteiger partial charge in [-0.05, 0) is 18.6 Å². The molecule has 0 aromatic heterocycles. The summed E-state index contributed by atoms with van der Waals surface area (Å²) >= 11 is 0. The van der Waals surface area contributed by atoms with Gasteiger partial charge in [0.1, 0.15) is 11.9 Å². The molecule has 0 aliphatic carbocycles. The average Bonchev–Trinajstić information content (AvgIpc) is 2.84. The Bertz CT molecular complexity index is 426. The van der Waals surface area contributed by atoms with Crippen molar-refractivity contribution in [3.8, 4) is 5.75 Å². The van der Waals surface area contributed by atoms with Gasteiger partial charge in [0.05, 0.1) is 13.2 Å². The Morgan fingerprint density at radius 3 is 3.06 bits per heavy atom. The van der Waals surface area contributed by atoms with Crippen LogP contribution in [0.4, 0.5) is 0 Å². The molecule has 1 aliphatic heterocycles. The van der Waals surface area contributed by atoms with E-state index in [2.05, 4.69) is 5.16 Å². The molecule has 5 nitrogen and oxygen atoms in total. The number of ether oxygens (including phenoxy) is 2. The zero-order valence-electron chi connectivity index (χ0n) is 9.72. The molecule has 1 heterocycles. The standard InChI is InChI=1S/C12H16N2O3/c1-8-2-3-9(12(13)14-15)6-11(8)17-10-4-5-16-7-10/h2-3,6,10,15H,4-5,7H2,1H3,(H2,13,14). The second-order valence-corrected chi connectivity index (χ2v) is 4.07. The number of nitrogens with zero attached hydrogens (tertiary/aromatic N) is 1. The number of aryl methyl sites for hydroxylation is 1. The Morgan fingerprint density at radius 2 is 2.41 bits per heavy atom. The summed E-state index contributed by atoms with van der Waals surface area (Å²) < 4.78 is 11.1. The van der Waals surface area contributed by atoms with E-state index in [1.807, 2.05) is 13.0 Å². The van der Waals surface area contributed by atoms with Crippen molar-refractivity contribution in [1.29, 1.82) is 0 Å². The van der Waals surface area contributed by atoms with E-state index in [9.17, 15) is 0 Å². The van der Waals surface area contributed by atoms with Crippen molar-refractivity contribution in [3.05, 3.63) is 29.3 Å². The molecule has 92 valence electrons. The molecule has 17 heavy (non-hydrogen) atoms. The van der Waals surface area contributed by atoms with Crippen molar-refractivity contribution in [3.63, 3.8) is 0 Å². The van der Waals surface area contributed by atoms with E-state index in [1.165, 1.54) is 0 Å². The van der Waals surface area contributed by atoms with E-state index < -0.39 is 0 Å². The zero-order chi connectivity index (χ0) is 12.3. The van der Waals surface area contributed by atoms with Gasteiger partial charge in [0.25, 0.3) is 0 Å². The predicted molar refractivity (Wildman–Crippen MR) is 63.5 cm³/mol. The number of rotatable bonds is 3. The van der Waals surface area contributed by atoms with Crippen molar-refractivity contribution in [2.24, 2.45) is 10.9 Å². The summed E-state index contributed by atoms with van der Waals surface area (Å²) in [5, 5.41) is 11.6. The second-order valence-electron chi connectivity index (χ2n) is 4.07. The summed E-state index contributed by atoms with van der Waals surface area (Å²) in [4.78, 5) is 0. The average molecular weight is 236 g/mol. The van der Waals surface area contributed by atoms with Gasteiger partial charge >= 0.3 is 0 Å². The molecule has 1 aliphatic rings. The highest BCUT2D eigenvalue weighted by atomic mass is 16.5. The number of amidine groups is 1. The first-order chi connectivity index (χ1) is 8.20. The van der Waals surface area contributed by atoms with E-state index in [-0.39, 0.29) is 11.9 Å². The van der Waals surface area contributed by atoms with Crippen LogP contribution in [-0.2, 0) is 4.74 Å². The fourth-order valence-corrected chi connectivity index (χ4v) is 1.73. The summed E-state index contributed by atoms with van der Waals surface area (Å²) in [5.41, 5.74) is 7.21. The van der Waals surface area contributed by atoms with E-state index in [1.54, 1.807) is 12.1 Å². The molecule has 5 heteroatoms. The number of oxime groups is 1. The van der Waals surface area contributed by atoms with Crippen LogP contribution in [0.15, 0.2) is 23.4 Å². The summed E-state index contributed by atoms with van der Waals surface area (Å²) in [6.07, 6.45) is 0.990. The molecule has 1 atom stereocenters. The molecule has 0 bridgehead atoms. The van der Waals surface area contributed by atoms with Crippen LogP contribution in [0.2, 0.25) is 0 Å². The summed E-state index contributed by atoms with van der Waals surface area (Å²) in [5.74, 6) is 0.835. The predicted octanol–water partition coefficient (Wildman–Crippen LogP) is 1.26. The fourth-order valence-electron chi connectivity index (χ4n) is 1.73. The third kappa shape index (κ3) is 2.68. The monoisotopic (exact) mass is 236 g/mol. The largest absolute Gasteiger partial charge is 0.488 e. The first-order valence-corrected chi connectivity index (χ1v) is 5.53. The maximum atomic E-state index is 8.63. The SMILES string of the molecule is Cc1ccc(/C(N)=N/O)cc1OC1CCOC1. The minimum Gasteiger partial charge on any atom is -0.488 e. The van der Waals surface area contributed by atoms with E-state index in [0.29, 0.717) is 12.2 Å². The van der Waals surface area contributed by atoms with Crippen molar-refractivity contribution in [1.82, 2.24) is 0 Å². The van der Waals surface area contributed by atoms with Gasteiger partial charge in [-0.15, -0.1) is 0 Å². The van der Waals surface area contributed by atoms with E-state index in [0.717, 1.165) is 24.3 Å². The summed E-state index contributed by atoms with van der Waals surface area (Å²) in [6, 6.07) is 5.46. The molecule has 1 aromatic rings. The molecular formula is C12H16N2O3. The maximum Gasteiger partial charge on any atom is 0.170 e. The Morgan fingerprint density at radius 1 is 1.59 bits per heavy atom. The first kappa shape index (κ1) is 11.7. The third-order valence-electron chi connectivity index (χ3n) is 2.77. The normalized spacial score (nSPS) is 20.5. The lowest BCUT2D eigenvalue weighted by Crippen LogP contribution is -2.18. The van der Waals surface area contributed by atoms with Crippen LogP contribution in [-0.4, -0.2) is 30.4 Å². The lowest BCUT2D eigenvalue weighted by Gasteiger charge is -2.14. The van der Waals surface area contributed by atoms with Gasteiger partial charge in [-0.3, -0.25) is 0 Å². The second kappa shape index (κ2) is 5.05. The molecule has 1 saturated heterocycles. The highest BCUT2D eigenvalue weighted by Gasteiger charge is 2.18. The van der Waals surface area contributed by atoms with Crippen molar-refractivity contribution in [2.75, 3.05) is 13.2 Å². The topological polar surface area (TPSA) is 77.1 Å². The third-order valence-corrected chi connectivity index (χ3v) is 2.77. The number of hydrogen-bond acceptors (Lipinski definition) is 4. The lowest BCUT2D eigenvalue weighted by atomic mass is 10.1. The smallest absolute Gasteiger partial charge is 0.170 e. The summed E-state index contributed by atoms with van der Waals surface area (Å²) in [7, 11) is 0. The molecule has 1 fully saturated rings. The molecule has 0 saturated carbocycles. The molecule has 0 radical (unpaired) electrons. The van der Waals surface area contributed by atoms with Crippen LogP contribution in [0.5, 0.6) is 5.75 Å². The molecule has 1 aromatic carbocycles. The van der Waals surface area contributed by atoms with E-state index in [4.69, 9.17) is 20.4 Å². The maximum absolute atomic E-state index is 8.63. The molecular weight excluding hydrogens is 220 g/mol. The van der Waals surface area contributed by atoms with Crippen LogP contribution in [0.3, 0.4) is 0 Å². The van der Waals surface area contributed by atoms with Crippen LogP contribution < -0.4 is 10.5 Å². The number of nitrogens with two attached hydrogens (primary N) is 1. The highest BCUT2D eigenvalue weighted by Crippen LogP contribution is 2.23. The Kier molecular flexibility index (Phi) is 3.49. The van der Waals surface area contributed by atoms with Gasteiger partial charge in [0, 0.05) is 12.0 Å². The van der Waals surface area contributed by atoms with Gasteiger partial charge in [-0.25, -0.2) is 0 Å². The first-order valence-electron chi connectivity index (χ1n) is 5.53. The zero-order valence-corrected chi connectivity index (χ0v) is 9.72. The van der Waals surface area contributed by atoms with Crippen molar-refractivity contribution in [2.45, 2.75) is 19.4 Å². The van der Waals surface area contributed by atoms with Gasteiger partial charge in [-0.1, -0.05) is 17.3 Å². The lowest BCUT2D eigenvalue weighted by molar-refractivity contribution is 0.141. The highest BCUT2D eigenvalue weighted by molar-refractivity contribution is 5.97. The van der Waals surface area contributed by atoms with Crippen molar-refractivity contribution >= 4 is 5.84 Å². The minimum absolute atomic E-state index is 0.0810. The molecule has 0 spiro atoms. The van der Waals surface area contributed by atoms with Gasteiger partial charge in [-0.2, -0.15) is 0 Å². The minimum atomic E-state index is 0.0810. The van der Waals surface area contributed by atoms with Gasteiger partial charge in [0.2, 0.25) is 0 Å². The Labute approximate surface area is 99.8 Å². The molecule has 2 rings (SSSR count). The van der Waals surface area contributed by atoms with Crippen molar-refractivity contribution < 1.29 is 14.7 Å². The van der Waals surface area contributed by atoms with E-state index >= 15 is 0 Å². The van der Waals surface area contributed by atoms with Crippen LogP contribution >= 0.6 is 0 Å². The Balaban J connectivity index is 2.19. The Hall–Kier alpha value is -1.75. The molecule has 1 unspecified atom stereocenters.